The molecule has 0 aliphatic rings. The maximum atomic E-state index is 12.2. The molecule has 0 saturated carbocycles. The van der Waals surface area contributed by atoms with E-state index in [0.717, 1.165) is 12.1 Å². The highest BCUT2D eigenvalue weighted by atomic mass is 35.5. The van der Waals surface area contributed by atoms with Crippen LogP contribution in [0.25, 0.3) is 0 Å². The first-order valence-electron chi connectivity index (χ1n) is 3.81. The van der Waals surface area contributed by atoms with Crippen LogP contribution in [-0.4, -0.2) is 25.3 Å². The van der Waals surface area contributed by atoms with Crippen molar-refractivity contribution >= 4 is 27.4 Å². The van der Waals surface area contributed by atoms with Crippen LogP contribution in [0.5, 0.6) is 0 Å². The molecule has 88 valence electrons. The molecule has 0 spiro atoms. The van der Waals surface area contributed by atoms with E-state index in [1.807, 2.05) is 0 Å². The van der Waals surface area contributed by atoms with Crippen molar-refractivity contribution in [1.29, 1.82) is 0 Å². The summed E-state index contributed by atoms with van der Waals surface area (Å²) in [5.41, 5.74) is -0.539. The van der Waals surface area contributed by atoms with Crippen LogP contribution in [-0.2, 0) is 9.84 Å². The van der Waals surface area contributed by atoms with Gasteiger partial charge in [-0.05, 0) is 18.2 Å². The standard InChI is InChI=1S/C8H5ClF2O4S/c9-6-2-1-4(3-5(6)7(12)13)16(14,15)8(10)11/h1-3,8H,(H,12,13). The zero-order chi connectivity index (χ0) is 12.5. The lowest BCUT2D eigenvalue weighted by Crippen LogP contribution is -2.12. The van der Waals surface area contributed by atoms with Gasteiger partial charge in [0.05, 0.1) is 15.5 Å². The molecular formula is C8H5ClF2O4S. The fourth-order valence-corrected chi connectivity index (χ4v) is 1.89. The molecule has 0 unspecified atom stereocenters. The van der Waals surface area contributed by atoms with Crippen LogP contribution >= 0.6 is 11.6 Å². The topological polar surface area (TPSA) is 71.4 Å². The largest absolute Gasteiger partial charge is 0.478 e. The molecule has 1 rings (SSSR count). The van der Waals surface area contributed by atoms with E-state index in [0.29, 0.717) is 6.07 Å². The minimum Gasteiger partial charge on any atom is -0.478 e. The van der Waals surface area contributed by atoms with Gasteiger partial charge in [-0.2, -0.15) is 8.78 Å². The Hall–Kier alpha value is -1.21. The Morgan fingerprint density at radius 3 is 2.38 bits per heavy atom. The van der Waals surface area contributed by atoms with E-state index in [4.69, 9.17) is 16.7 Å². The number of rotatable bonds is 3. The maximum Gasteiger partial charge on any atom is 0.341 e. The van der Waals surface area contributed by atoms with Gasteiger partial charge < -0.3 is 5.11 Å². The van der Waals surface area contributed by atoms with E-state index < -0.39 is 32.0 Å². The van der Waals surface area contributed by atoms with E-state index in [-0.39, 0.29) is 5.02 Å². The van der Waals surface area contributed by atoms with Crippen LogP contribution < -0.4 is 0 Å². The summed E-state index contributed by atoms with van der Waals surface area (Å²) >= 11 is 5.46. The molecule has 0 bridgehead atoms. The fraction of sp³-hybridized carbons (Fsp3) is 0.125. The summed E-state index contributed by atoms with van der Waals surface area (Å²) in [5.74, 6) is -5.09. The molecule has 1 aromatic rings. The van der Waals surface area contributed by atoms with Gasteiger partial charge in [-0.15, -0.1) is 0 Å². The molecule has 0 aromatic heterocycles. The Morgan fingerprint density at radius 2 is 1.94 bits per heavy atom. The SMILES string of the molecule is O=C(O)c1cc(S(=O)(=O)C(F)F)ccc1Cl. The van der Waals surface area contributed by atoms with Crippen molar-refractivity contribution in [3.05, 3.63) is 28.8 Å². The number of carboxylic acid groups (broad SMARTS) is 1. The number of alkyl halides is 2. The molecule has 0 amide bonds. The molecule has 0 atom stereocenters. The second-order valence-electron chi connectivity index (χ2n) is 2.75. The summed E-state index contributed by atoms with van der Waals surface area (Å²) in [7, 11) is -4.80. The third-order valence-corrected chi connectivity index (χ3v) is 3.44. The van der Waals surface area contributed by atoms with Gasteiger partial charge in [0.15, 0.2) is 0 Å². The van der Waals surface area contributed by atoms with Crippen LogP contribution in [0.3, 0.4) is 0 Å². The van der Waals surface area contributed by atoms with Gasteiger partial charge >= 0.3 is 11.7 Å². The second-order valence-corrected chi connectivity index (χ2v) is 5.08. The summed E-state index contributed by atoms with van der Waals surface area (Å²) in [5, 5.41) is 8.41. The predicted molar refractivity (Wildman–Crippen MR) is 51.6 cm³/mol. The molecular weight excluding hydrogens is 266 g/mol. The number of hydrogen-bond donors (Lipinski definition) is 1. The van der Waals surface area contributed by atoms with Crippen molar-refractivity contribution in [2.75, 3.05) is 0 Å². The Morgan fingerprint density at radius 1 is 1.38 bits per heavy atom. The summed E-state index contributed by atoms with van der Waals surface area (Å²) in [6, 6.07) is 2.38. The van der Waals surface area contributed by atoms with E-state index in [1.54, 1.807) is 0 Å². The molecule has 1 N–H and O–H groups in total. The van der Waals surface area contributed by atoms with Crippen LogP contribution in [0.15, 0.2) is 23.1 Å². The lowest BCUT2D eigenvalue weighted by molar-refractivity contribution is 0.0696. The molecule has 16 heavy (non-hydrogen) atoms. The van der Waals surface area contributed by atoms with E-state index >= 15 is 0 Å². The van der Waals surface area contributed by atoms with Gasteiger partial charge in [-0.1, -0.05) is 11.6 Å². The normalized spacial score (nSPS) is 11.8. The smallest absolute Gasteiger partial charge is 0.341 e. The number of benzene rings is 1. The monoisotopic (exact) mass is 270 g/mol. The molecule has 0 heterocycles. The summed E-state index contributed by atoms with van der Waals surface area (Å²) in [4.78, 5) is 9.83. The van der Waals surface area contributed by atoms with Crippen molar-refractivity contribution < 1.29 is 27.1 Å². The molecule has 8 heteroatoms. The summed E-state index contributed by atoms with van der Waals surface area (Å²) in [6.07, 6.45) is 0. The number of hydrogen-bond acceptors (Lipinski definition) is 3. The number of carbonyl (C=O) groups is 1. The summed E-state index contributed by atoms with van der Waals surface area (Å²) < 4.78 is 46.4. The van der Waals surface area contributed by atoms with Gasteiger partial charge in [0.2, 0.25) is 9.84 Å². The average molecular weight is 271 g/mol. The fourth-order valence-electron chi connectivity index (χ4n) is 0.948. The lowest BCUT2D eigenvalue weighted by Gasteiger charge is -2.05. The third-order valence-electron chi connectivity index (χ3n) is 1.73. The first-order valence-corrected chi connectivity index (χ1v) is 5.74. The molecule has 0 fully saturated rings. The van der Waals surface area contributed by atoms with Gasteiger partial charge in [0.25, 0.3) is 0 Å². The van der Waals surface area contributed by atoms with Crippen LogP contribution in [0.1, 0.15) is 10.4 Å². The Bertz CT molecular complexity index is 527. The van der Waals surface area contributed by atoms with E-state index in [1.165, 1.54) is 0 Å². The van der Waals surface area contributed by atoms with Gasteiger partial charge in [0.1, 0.15) is 0 Å². The quantitative estimate of drug-likeness (QED) is 0.912. The zero-order valence-corrected chi connectivity index (χ0v) is 9.10. The first kappa shape index (κ1) is 12.9. The van der Waals surface area contributed by atoms with Crippen molar-refractivity contribution in [2.45, 2.75) is 10.7 Å². The molecule has 1 aromatic carbocycles. The predicted octanol–water partition coefficient (Wildman–Crippen LogP) is 2.03. The molecule has 0 aliphatic heterocycles. The molecule has 0 radical (unpaired) electrons. The van der Waals surface area contributed by atoms with Crippen LogP contribution in [0.2, 0.25) is 5.02 Å². The van der Waals surface area contributed by atoms with Gasteiger partial charge in [-0.25, -0.2) is 13.2 Å². The highest BCUT2D eigenvalue weighted by Crippen LogP contribution is 2.24. The van der Waals surface area contributed by atoms with Gasteiger partial charge in [0, 0.05) is 0 Å². The second kappa shape index (κ2) is 4.34. The van der Waals surface area contributed by atoms with E-state index in [9.17, 15) is 22.0 Å². The minimum atomic E-state index is -4.80. The van der Waals surface area contributed by atoms with Crippen molar-refractivity contribution in [2.24, 2.45) is 0 Å². The molecule has 4 nitrogen and oxygen atoms in total. The first-order chi connectivity index (χ1) is 7.26. The lowest BCUT2D eigenvalue weighted by atomic mass is 10.2. The van der Waals surface area contributed by atoms with Crippen molar-refractivity contribution in [3.8, 4) is 0 Å². The zero-order valence-electron chi connectivity index (χ0n) is 7.52. The Balaban J connectivity index is 3.40. The number of aromatic carboxylic acids is 1. The van der Waals surface area contributed by atoms with Crippen LogP contribution in [0.4, 0.5) is 8.78 Å². The average Bonchev–Trinajstić information content (AvgIpc) is 2.17. The number of carboxylic acids is 1. The number of halogens is 3. The highest BCUT2D eigenvalue weighted by Gasteiger charge is 2.27. The minimum absolute atomic E-state index is 0.222. The molecule has 0 aliphatic carbocycles. The van der Waals surface area contributed by atoms with Gasteiger partial charge in [-0.3, -0.25) is 0 Å². The van der Waals surface area contributed by atoms with Crippen molar-refractivity contribution in [3.63, 3.8) is 0 Å². The highest BCUT2D eigenvalue weighted by molar-refractivity contribution is 7.91. The summed E-state index contributed by atoms with van der Waals surface area (Å²) in [6.45, 7) is 0. The van der Waals surface area contributed by atoms with Crippen LogP contribution in [0, 0.1) is 0 Å². The van der Waals surface area contributed by atoms with E-state index in [2.05, 4.69) is 0 Å². The van der Waals surface area contributed by atoms with Crippen molar-refractivity contribution in [1.82, 2.24) is 0 Å². The third kappa shape index (κ3) is 2.30. The maximum absolute atomic E-state index is 12.2. The number of sulfone groups is 1. The molecule has 0 saturated heterocycles. The Kier molecular flexibility index (Phi) is 3.49. The Labute approximate surface area is 94.4 Å².